The van der Waals surface area contributed by atoms with E-state index in [2.05, 4.69) is 29.5 Å². The lowest BCUT2D eigenvalue weighted by Crippen LogP contribution is -2.21. The fourth-order valence-electron chi connectivity index (χ4n) is 2.05. The smallest absolute Gasteiger partial charge is 0.325 e. The molecule has 0 bridgehead atoms. The van der Waals surface area contributed by atoms with Gasteiger partial charge in [-0.25, -0.2) is 9.78 Å². The monoisotopic (exact) mass is 376 g/mol. The second kappa shape index (κ2) is 8.66. The van der Waals surface area contributed by atoms with Crippen molar-refractivity contribution >= 4 is 34.1 Å². The van der Waals surface area contributed by atoms with Crippen LogP contribution in [0.3, 0.4) is 0 Å². The Morgan fingerprint density at radius 2 is 2.00 bits per heavy atom. The van der Waals surface area contributed by atoms with Crippen LogP contribution in [0, 0.1) is 12.8 Å². The largest absolute Gasteiger partial charge is 0.491 e. The summed E-state index contributed by atoms with van der Waals surface area (Å²) in [4.78, 5) is 27.7. The molecule has 4 N–H and O–H groups in total. The molecular formula is C18H24N4O3S. The first kappa shape index (κ1) is 19.7. The third kappa shape index (κ3) is 5.45. The number of nitrogens with two attached hydrogens (primary N) is 1. The van der Waals surface area contributed by atoms with Crippen LogP contribution >= 0.6 is 11.3 Å². The minimum absolute atomic E-state index is 0.373. The first-order valence-corrected chi connectivity index (χ1v) is 9.20. The minimum atomic E-state index is -0.502. The van der Waals surface area contributed by atoms with Gasteiger partial charge in [-0.15, -0.1) is 11.3 Å². The summed E-state index contributed by atoms with van der Waals surface area (Å²) in [5, 5.41) is 7.53. The summed E-state index contributed by atoms with van der Waals surface area (Å²) < 4.78 is 5.79. The second-order valence-corrected chi connectivity index (χ2v) is 7.34. The van der Waals surface area contributed by atoms with Crippen LogP contribution in [0.2, 0.25) is 0 Å². The van der Waals surface area contributed by atoms with Gasteiger partial charge in [-0.1, -0.05) is 19.9 Å². The maximum Gasteiger partial charge on any atom is 0.325 e. The second-order valence-electron chi connectivity index (χ2n) is 6.49. The van der Waals surface area contributed by atoms with Crippen molar-refractivity contribution in [2.75, 3.05) is 17.2 Å². The number of urea groups is 1. The number of anilines is 2. The maximum atomic E-state index is 12.3. The van der Waals surface area contributed by atoms with Gasteiger partial charge >= 0.3 is 6.03 Å². The van der Waals surface area contributed by atoms with Crippen molar-refractivity contribution in [1.29, 1.82) is 0 Å². The van der Waals surface area contributed by atoms with Gasteiger partial charge in [-0.05, 0) is 37.5 Å². The Balaban J connectivity index is 2.05. The average molecular weight is 376 g/mol. The van der Waals surface area contributed by atoms with Crippen molar-refractivity contribution in [3.05, 3.63) is 34.8 Å². The number of benzene rings is 1. The number of hydrogen-bond donors (Lipinski definition) is 3. The van der Waals surface area contributed by atoms with Gasteiger partial charge in [0, 0.05) is 5.38 Å². The van der Waals surface area contributed by atoms with Crippen LogP contribution in [0.1, 0.15) is 37.9 Å². The highest BCUT2D eigenvalue weighted by Gasteiger charge is 2.16. The average Bonchev–Trinajstić information content (AvgIpc) is 3.02. The summed E-state index contributed by atoms with van der Waals surface area (Å²) in [6, 6.07) is 5.14. The molecule has 140 valence electrons. The summed E-state index contributed by atoms with van der Waals surface area (Å²) in [6.07, 6.45) is 0. The van der Waals surface area contributed by atoms with Gasteiger partial charge in [-0.3, -0.25) is 10.1 Å². The van der Waals surface area contributed by atoms with Crippen LogP contribution in [-0.2, 0) is 4.79 Å². The molecule has 2 aromatic rings. The Hall–Kier alpha value is -2.61. The molecule has 1 aromatic carbocycles. The molecule has 0 fully saturated rings. The highest BCUT2D eigenvalue weighted by molar-refractivity contribution is 7.14. The lowest BCUT2D eigenvalue weighted by atomic mass is 10.1. The first-order chi connectivity index (χ1) is 12.3. The van der Waals surface area contributed by atoms with E-state index in [-0.39, 0.29) is 0 Å². The molecule has 26 heavy (non-hydrogen) atoms. The molecule has 0 aliphatic heterocycles. The third-order valence-electron chi connectivity index (χ3n) is 3.57. The van der Waals surface area contributed by atoms with E-state index in [1.165, 1.54) is 11.3 Å². The number of nitrogens with one attached hydrogen (secondary N) is 2. The molecule has 1 atom stereocenters. The van der Waals surface area contributed by atoms with Crippen LogP contribution in [0.5, 0.6) is 5.75 Å². The van der Waals surface area contributed by atoms with Crippen molar-refractivity contribution < 1.29 is 14.3 Å². The lowest BCUT2D eigenvalue weighted by molar-refractivity contribution is -0.119. The predicted molar refractivity (Wildman–Crippen MR) is 104 cm³/mol. The van der Waals surface area contributed by atoms with Gasteiger partial charge in [0.1, 0.15) is 5.75 Å². The Bertz CT molecular complexity index is 788. The van der Waals surface area contributed by atoms with Gasteiger partial charge in [0.2, 0.25) is 5.91 Å². The summed E-state index contributed by atoms with van der Waals surface area (Å²) in [7, 11) is 0. The van der Waals surface area contributed by atoms with Gasteiger partial charge in [0.05, 0.1) is 23.9 Å². The number of primary amides is 1. The number of aromatic nitrogens is 1. The van der Waals surface area contributed by atoms with Crippen molar-refractivity contribution in [2.24, 2.45) is 11.7 Å². The van der Waals surface area contributed by atoms with Gasteiger partial charge < -0.3 is 15.8 Å². The molecule has 0 spiro atoms. The van der Waals surface area contributed by atoms with E-state index >= 15 is 0 Å². The molecule has 0 radical (unpaired) electrons. The van der Waals surface area contributed by atoms with E-state index < -0.39 is 17.9 Å². The van der Waals surface area contributed by atoms with E-state index in [0.717, 1.165) is 5.56 Å². The number of nitrogens with zero attached hydrogens (tertiary/aromatic N) is 1. The number of carbonyl (C=O) groups is 2. The van der Waals surface area contributed by atoms with E-state index in [0.29, 0.717) is 34.8 Å². The summed E-state index contributed by atoms with van der Waals surface area (Å²) in [5.41, 5.74) is 7.43. The highest BCUT2D eigenvalue weighted by Crippen LogP contribution is 2.27. The number of carbonyl (C=O) groups excluding carboxylic acids is 2. The molecule has 0 aliphatic carbocycles. The zero-order valence-electron chi connectivity index (χ0n) is 15.3. The Morgan fingerprint density at radius 1 is 1.27 bits per heavy atom. The fourth-order valence-corrected chi connectivity index (χ4v) is 2.85. The molecule has 7 nitrogen and oxygen atoms in total. The van der Waals surface area contributed by atoms with Gasteiger partial charge in [0.25, 0.3) is 0 Å². The molecule has 2 rings (SSSR count). The third-order valence-corrected chi connectivity index (χ3v) is 4.35. The predicted octanol–water partition coefficient (Wildman–Crippen LogP) is 3.72. The van der Waals surface area contributed by atoms with E-state index in [1.54, 1.807) is 18.4 Å². The molecule has 1 unspecified atom stereocenters. The molecule has 8 heteroatoms. The number of aryl methyl sites for hydroxylation is 1. The number of amides is 3. The first-order valence-electron chi connectivity index (χ1n) is 8.32. The van der Waals surface area contributed by atoms with Crippen LogP contribution in [0.25, 0.3) is 0 Å². The van der Waals surface area contributed by atoms with Gasteiger partial charge in [0.15, 0.2) is 5.13 Å². The quantitative estimate of drug-likeness (QED) is 0.684. The maximum absolute atomic E-state index is 12.3. The number of ether oxygens (including phenoxy) is 1. The summed E-state index contributed by atoms with van der Waals surface area (Å²) in [5.74, 6) is 0.0325. The van der Waals surface area contributed by atoms with Crippen molar-refractivity contribution in [3.63, 3.8) is 0 Å². The van der Waals surface area contributed by atoms with Crippen LogP contribution in [-0.4, -0.2) is 23.5 Å². The summed E-state index contributed by atoms with van der Waals surface area (Å²) in [6.45, 7) is 8.31. The topological polar surface area (TPSA) is 106 Å². The zero-order chi connectivity index (χ0) is 19.3. The van der Waals surface area contributed by atoms with Crippen LogP contribution in [0.15, 0.2) is 23.6 Å². The Kier molecular flexibility index (Phi) is 6.57. The number of rotatable bonds is 7. The zero-order valence-corrected chi connectivity index (χ0v) is 16.1. The molecule has 0 aliphatic rings. The van der Waals surface area contributed by atoms with E-state index in [9.17, 15) is 9.59 Å². The lowest BCUT2D eigenvalue weighted by Gasteiger charge is -2.14. The Labute approximate surface area is 157 Å². The van der Waals surface area contributed by atoms with E-state index in [4.69, 9.17) is 10.5 Å². The molecule has 1 heterocycles. The number of hydrogen-bond acceptors (Lipinski definition) is 5. The van der Waals surface area contributed by atoms with Crippen LogP contribution in [0.4, 0.5) is 15.6 Å². The molecule has 0 saturated heterocycles. The van der Waals surface area contributed by atoms with Crippen molar-refractivity contribution in [1.82, 2.24) is 4.98 Å². The fraction of sp³-hybridized carbons (Fsp3) is 0.389. The van der Waals surface area contributed by atoms with Gasteiger partial charge in [-0.2, -0.15) is 0 Å². The summed E-state index contributed by atoms with van der Waals surface area (Å²) >= 11 is 1.23. The van der Waals surface area contributed by atoms with E-state index in [1.807, 2.05) is 19.1 Å². The molecule has 3 amide bonds. The minimum Gasteiger partial charge on any atom is -0.491 e. The highest BCUT2D eigenvalue weighted by atomic mass is 32.1. The number of thiazole rings is 1. The SMILES string of the molecule is Cc1ccc(NC(=O)Nc2nc(C(C)C(N)=O)cs2)c(OCC(C)C)c1. The molecular weight excluding hydrogens is 352 g/mol. The van der Waals surface area contributed by atoms with Crippen molar-refractivity contribution in [3.8, 4) is 5.75 Å². The Morgan fingerprint density at radius 3 is 2.65 bits per heavy atom. The van der Waals surface area contributed by atoms with Crippen molar-refractivity contribution in [2.45, 2.75) is 33.6 Å². The molecule has 0 saturated carbocycles. The standard InChI is InChI=1S/C18H24N4O3S/c1-10(2)8-25-15-7-11(3)5-6-13(15)20-17(24)22-18-21-14(9-26-18)12(4)16(19)23/h5-7,9-10,12H,8H2,1-4H3,(H2,19,23)(H2,20,21,22,24). The molecule has 1 aromatic heterocycles. The van der Waals surface area contributed by atoms with Crippen LogP contribution < -0.4 is 21.1 Å². The normalized spacial score (nSPS) is 11.9.